The Labute approximate surface area is 152 Å². The van der Waals surface area contributed by atoms with Gasteiger partial charge >= 0.3 is 5.69 Å². The van der Waals surface area contributed by atoms with Crippen LogP contribution in [0.25, 0.3) is 0 Å². The summed E-state index contributed by atoms with van der Waals surface area (Å²) in [6.45, 7) is 4.04. The third kappa shape index (κ3) is 4.06. The van der Waals surface area contributed by atoms with Crippen LogP contribution in [0.4, 0.5) is 0 Å². The molecule has 0 fully saturated rings. The summed E-state index contributed by atoms with van der Waals surface area (Å²) in [5.41, 5.74) is 3.92. The monoisotopic (exact) mass is 347 g/mol. The highest BCUT2D eigenvalue weighted by molar-refractivity contribution is 5.76. The van der Waals surface area contributed by atoms with Crippen LogP contribution in [0.3, 0.4) is 0 Å². The maximum absolute atomic E-state index is 12.6. The van der Waals surface area contributed by atoms with Gasteiger partial charge in [0.2, 0.25) is 5.91 Å². The maximum Gasteiger partial charge on any atom is 0.347 e. The minimum absolute atomic E-state index is 0.0686. The number of amides is 1. The van der Waals surface area contributed by atoms with Gasteiger partial charge < -0.3 is 5.32 Å². The van der Waals surface area contributed by atoms with Crippen molar-refractivity contribution in [2.24, 2.45) is 0 Å². The number of carbonyl (C=O) groups excluding carboxylic acids is 1. The van der Waals surface area contributed by atoms with Crippen LogP contribution in [-0.4, -0.2) is 15.5 Å². The van der Waals surface area contributed by atoms with E-state index in [4.69, 9.17) is 0 Å². The van der Waals surface area contributed by atoms with Gasteiger partial charge in [0.25, 0.3) is 0 Å². The summed E-state index contributed by atoms with van der Waals surface area (Å²) in [4.78, 5) is 28.0. The van der Waals surface area contributed by atoms with E-state index in [2.05, 4.69) is 36.3 Å². The summed E-state index contributed by atoms with van der Waals surface area (Å²) < 4.78 is 1.29. The van der Waals surface area contributed by atoms with Gasteiger partial charge in [-0.25, -0.2) is 9.78 Å². The first kappa shape index (κ1) is 17.6. The molecule has 0 aliphatic rings. The lowest BCUT2D eigenvalue weighted by molar-refractivity contribution is -0.122. The van der Waals surface area contributed by atoms with E-state index in [1.54, 1.807) is 12.3 Å². The van der Waals surface area contributed by atoms with Crippen LogP contribution in [0.5, 0.6) is 0 Å². The van der Waals surface area contributed by atoms with Crippen molar-refractivity contribution in [1.29, 1.82) is 0 Å². The minimum Gasteiger partial charge on any atom is -0.344 e. The van der Waals surface area contributed by atoms with Crippen molar-refractivity contribution in [2.45, 2.75) is 26.4 Å². The minimum atomic E-state index is -0.440. The van der Waals surface area contributed by atoms with E-state index in [0.29, 0.717) is 0 Å². The van der Waals surface area contributed by atoms with Crippen molar-refractivity contribution in [3.63, 3.8) is 0 Å². The van der Waals surface area contributed by atoms with Crippen LogP contribution in [0.15, 0.2) is 71.8 Å². The lowest BCUT2D eigenvalue weighted by atomic mass is 9.95. The van der Waals surface area contributed by atoms with Crippen LogP contribution in [0.1, 0.15) is 28.3 Å². The molecule has 1 aromatic heterocycles. The van der Waals surface area contributed by atoms with E-state index in [-0.39, 0.29) is 18.5 Å². The molecule has 0 unspecified atom stereocenters. The number of nitrogens with zero attached hydrogens (tertiary/aromatic N) is 2. The molecule has 0 aliphatic heterocycles. The molecule has 1 N–H and O–H groups in total. The Kier molecular flexibility index (Phi) is 5.27. The topological polar surface area (TPSA) is 64.0 Å². The van der Waals surface area contributed by atoms with Crippen LogP contribution in [-0.2, 0) is 11.3 Å². The number of nitrogens with one attached hydrogen (secondary N) is 1. The maximum atomic E-state index is 12.6. The zero-order valence-electron chi connectivity index (χ0n) is 14.8. The number of rotatable bonds is 5. The predicted molar refractivity (Wildman–Crippen MR) is 101 cm³/mol. The molecule has 3 aromatic rings. The lowest BCUT2D eigenvalue weighted by Gasteiger charge is -2.21. The molecular weight excluding hydrogens is 326 g/mol. The third-order valence-electron chi connectivity index (χ3n) is 4.40. The van der Waals surface area contributed by atoms with Gasteiger partial charge in [-0.15, -0.1) is 0 Å². The molecule has 0 radical (unpaired) electrons. The summed E-state index contributed by atoms with van der Waals surface area (Å²) in [6.07, 6.45) is 2.97. The van der Waals surface area contributed by atoms with Crippen molar-refractivity contribution < 1.29 is 4.79 Å². The van der Waals surface area contributed by atoms with Gasteiger partial charge in [0.15, 0.2) is 0 Å². The molecule has 1 atom stereocenters. The highest BCUT2D eigenvalue weighted by Crippen LogP contribution is 2.24. The highest BCUT2D eigenvalue weighted by Gasteiger charge is 2.17. The first-order valence-electron chi connectivity index (χ1n) is 8.47. The second kappa shape index (κ2) is 7.78. The van der Waals surface area contributed by atoms with Crippen LogP contribution < -0.4 is 11.0 Å². The molecule has 5 nitrogen and oxygen atoms in total. The number of aromatic nitrogens is 2. The predicted octanol–water partition coefficient (Wildman–Crippen LogP) is 2.77. The number of aryl methyl sites for hydroxylation is 2. The van der Waals surface area contributed by atoms with E-state index < -0.39 is 5.69 Å². The normalized spacial score (nSPS) is 11.8. The van der Waals surface area contributed by atoms with Gasteiger partial charge in [0.05, 0.1) is 6.04 Å². The second-order valence-corrected chi connectivity index (χ2v) is 6.29. The molecule has 26 heavy (non-hydrogen) atoms. The van der Waals surface area contributed by atoms with Gasteiger partial charge in [0, 0.05) is 12.4 Å². The molecule has 2 aromatic carbocycles. The first-order valence-corrected chi connectivity index (χ1v) is 8.47. The number of hydrogen-bond donors (Lipinski definition) is 1. The second-order valence-electron chi connectivity index (χ2n) is 6.29. The van der Waals surface area contributed by atoms with Gasteiger partial charge in [-0.3, -0.25) is 9.36 Å². The fourth-order valence-electron chi connectivity index (χ4n) is 2.82. The van der Waals surface area contributed by atoms with Crippen molar-refractivity contribution in [2.75, 3.05) is 0 Å². The van der Waals surface area contributed by atoms with E-state index in [0.717, 1.165) is 11.1 Å². The van der Waals surface area contributed by atoms with Crippen LogP contribution in [0.2, 0.25) is 0 Å². The fraction of sp³-hybridized carbons (Fsp3) is 0.190. The molecule has 0 spiro atoms. The van der Waals surface area contributed by atoms with Crippen LogP contribution >= 0.6 is 0 Å². The zero-order chi connectivity index (χ0) is 18.5. The number of benzene rings is 2. The Morgan fingerprint density at radius 2 is 1.81 bits per heavy atom. The summed E-state index contributed by atoms with van der Waals surface area (Å²) in [6, 6.07) is 17.3. The van der Waals surface area contributed by atoms with Gasteiger partial charge in [-0.05, 0) is 42.2 Å². The Morgan fingerprint density at radius 1 is 1.04 bits per heavy atom. The van der Waals surface area contributed by atoms with Gasteiger partial charge in [-0.2, -0.15) is 0 Å². The summed E-state index contributed by atoms with van der Waals surface area (Å²) in [5.74, 6) is -0.243. The summed E-state index contributed by atoms with van der Waals surface area (Å²) in [7, 11) is 0. The van der Waals surface area contributed by atoms with E-state index in [1.807, 2.05) is 36.4 Å². The molecule has 1 heterocycles. The van der Waals surface area contributed by atoms with E-state index >= 15 is 0 Å². The number of carbonyl (C=O) groups is 1. The molecule has 1 amide bonds. The first-order chi connectivity index (χ1) is 12.5. The van der Waals surface area contributed by atoms with Crippen molar-refractivity contribution in [1.82, 2.24) is 14.9 Å². The highest BCUT2D eigenvalue weighted by atomic mass is 16.2. The molecule has 132 valence electrons. The molecule has 3 rings (SSSR count). The van der Waals surface area contributed by atoms with Crippen molar-refractivity contribution in [3.8, 4) is 0 Å². The molecule has 5 heteroatoms. The molecule has 0 bridgehead atoms. The third-order valence-corrected chi connectivity index (χ3v) is 4.40. The summed E-state index contributed by atoms with van der Waals surface area (Å²) >= 11 is 0. The van der Waals surface area contributed by atoms with Gasteiger partial charge in [-0.1, -0.05) is 48.5 Å². The Balaban J connectivity index is 1.89. The molecule has 0 saturated heterocycles. The molecule has 0 saturated carbocycles. The summed E-state index contributed by atoms with van der Waals surface area (Å²) in [5, 5.41) is 3.05. The van der Waals surface area contributed by atoms with E-state index in [1.165, 1.54) is 21.9 Å². The largest absolute Gasteiger partial charge is 0.347 e. The Bertz CT molecular complexity index is 964. The average molecular weight is 347 g/mol. The molecule has 0 aliphatic carbocycles. The quantitative estimate of drug-likeness (QED) is 0.772. The lowest BCUT2D eigenvalue weighted by Crippen LogP contribution is -2.35. The Hall–Kier alpha value is -3.21. The average Bonchev–Trinajstić information content (AvgIpc) is 2.65. The smallest absolute Gasteiger partial charge is 0.344 e. The Morgan fingerprint density at radius 3 is 2.50 bits per heavy atom. The zero-order valence-corrected chi connectivity index (χ0v) is 14.8. The van der Waals surface area contributed by atoms with Crippen molar-refractivity contribution >= 4 is 5.91 Å². The number of hydrogen-bond acceptors (Lipinski definition) is 3. The molecular formula is C21H21N3O2. The van der Waals surface area contributed by atoms with E-state index in [9.17, 15) is 9.59 Å². The standard InChI is InChI=1S/C21H21N3O2/c1-15-9-10-18(13-16(15)2)20(17-7-4-3-5-8-17)23-19(25)14-24-12-6-11-22-21(24)26/h3-13,20H,14H2,1-2H3,(H,23,25)/t20-/m0/s1. The fourth-order valence-corrected chi connectivity index (χ4v) is 2.82. The van der Waals surface area contributed by atoms with Crippen LogP contribution in [0, 0.1) is 13.8 Å². The SMILES string of the molecule is Cc1ccc([C@@H](NC(=O)Cn2cccnc2=O)c2ccccc2)cc1C. The van der Waals surface area contributed by atoms with Crippen molar-refractivity contribution in [3.05, 3.63) is 99.7 Å². The van der Waals surface area contributed by atoms with Gasteiger partial charge in [0.1, 0.15) is 6.54 Å².